The molecule has 0 spiro atoms. The van der Waals surface area contributed by atoms with Crippen molar-refractivity contribution >= 4 is 5.91 Å². The summed E-state index contributed by atoms with van der Waals surface area (Å²) in [6.07, 6.45) is 4.59. The SMILES string of the molecule is CN(Cc1ccc(-c2ccccc2)cc1)C(=O)c1ccnc(-n2cncn2)c1. The van der Waals surface area contributed by atoms with E-state index in [0.717, 1.165) is 11.1 Å². The summed E-state index contributed by atoms with van der Waals surface area (Å²) >= 11 is 0. The normalized spacial score (nSPS) is 10.6. The summed E-state index contributed by atoms with van der Waals surface area (Å²) < 4.78 is 1.53. The molecule has 0 aliphatic carbocycles. The van der Waals surface area contributed by atoms with Crippen molar-refractivity contribution in [3.05, 3.63) is 96.7 Å². The van der Waals surface area contributed by atoms with Crippen LogP contribution in [0.4, 0.5) is 0 Å². The molecule has 0 N–H and O–H groups in total. The summed E-state index contributed by atoms with van der Waals surface area (Å²) in [4.78, 5) is 22.6. The van der Waals surface area contributed by atoms with Gasteiger partial charge in [-0.2, -0.15) is 5.10 Å². The minimum Gasteiger partial charge on any atom is -0.337 e. The molecule has 0 atom stereocenters. The Hall–Kier alpha value is -3.80. The van der Waals surface area contributed by atoms with Gasteiger partial charge < -0.3 is 4.90 Å². The summed E-state index contributed by atoms with van der Waals surface area (Å²) in [5, 5.41) is 4.05. The number of carbonyl (C=O) groups excluding carboxylic acids is 1. The highest BCUT2D eigenvalue weighted by Crippen LogP contribution is 2.20. The van der Waals surface area contributed by atoms with Crippen molar-refractivity contribution in [2.24, 2.45) is 0 Å². The first-order valence-electron chi connectivity index (χ1n) is 8.91. The van der Waals surface area contributed by atoms with Gasteiger partial charge in [-0.1, -0.05) is 54.6 Å². The molecule has 28 heavy (non-hydrogen) atoms. The number of rotatable bonds is 5. The van der Waals surface area contributed by atoms with Gasteiger partial charge in [-0.25, -0.2) is 14.6 Å². The number of hydrogen-bond donors (Lipinski definition) is 0. The lowest BCUT2D eigenvalue weighted by atomic mass is 10.0. The van der Waals surface area contributed by atoms with E-state index in [1.807, 2.05) is 18.2 Å². The van der Waals surface area contributed by atoms with E-state index in [1.165, 1.54) is 16.6 Å². The zero-order valence-corrected chi connectivity index (χ0v) is 15.4. The van der Waals surface area contributed by atoms with Gasteiger partial charge in [0.15, 0.2) is 5.82 Å². The molecule has 2 aromatic carbocycles. The van der Waals surface area contributed by atoms with Crippen molar-refractivity contribution in [3.8, 4) is 16.9 Å². The van der Waals surface area contributed by atoms with Crippen molar-refractivity contribution in [3.63, 3.8) is 0 Å². The Kier molecular flexibility index (Phi) is 4.93. The number of hydrogen-bond acceptors (Lipinski definition) is 4. The summed E-state index contributed by atoms with van der Waals surface area (Å²) in [6.45, 7) is 0.523. The van der Waals surface area contributed by atoms with Gasteiger partial charge in [0, 0.05) is 25.4 Å². The predicted octanol–water partition coefficient (Wildman–Crippen LogP) is 3.60. The Morgan fingerprint density at radius 1 is 1.00 bits per heavy atom. The Labute approximate surface area is 163 Å². The predicted molar refractivity (Wildman–Crippen MR) is 107 cm³/mol. The van der Waals surface area contributed by atoms with Gasteiger partial charge in [-0.05, 0) is 28.8 Å². The molecule has 6 heteroatoms. The number of pyridine rings is 1. The van der Waals surface area contributed by atoms with Crippen LogP contribution >= 0.6 is 0 Å². The second kappa shape index (κ2) is 7.84. The molecule has 0 aliphatic heterocycles. The molecule has 6 nitrogen and oxygen atoms in total. The largest absolute Gasteiger partial charge is 0.337 e. The first kappa shape index (κ1) is 17.6. The van der Waals surface area contributed by atoms with Crippen LogP contribution in [0.15, 0.2) is 85.6 Å². The minimum absolute atomic E-state index is 0.0732. The fraction of sp³-hybridized carbons (Fsp3) is 0.0909. The van der Waals surface area contributed by atoms with Gasteiger partial charge in [-0.15, -0.1) is 0 Å². The minimum atomic E-state index is -0.0732. The number of carbonyl (C=O) groups is 1. The number of benzene rings is 2. The van der Waals surface area contributed by atoms with Crippen LogP contribution in [-0.2, 0) is 6.54 Å². The molecule has 4 aromatic rings. The fourth-order valence-electron chi connectivity index (χ4n) is 3.00. The van der Waals surface area contributed by atoms with E-state index >= 15 is 0 Å². The van der Waals surface area contributed by atoms with E-state index in [-0.39, 0.29) is 5.91 Å². The molecule has 4 rings (SSSR count). The van der Waals surface area contributed by atoms with E-state index < -0.39 is 0 Å². The van der Waals surface area contributed by atoms with Crippen LogP contribution < -0.4 is 0 Å². The third kappa shape index (κ3) is 3.81. The van der Waals surface area contributed by atoms with Crippen LogP contribution in [-0.4, -0.2) is 37.6 Å². The molecule has 0 aliphatic rings. The summed E-state index contributed by atoms with van der Waals surface area (Å²) in [7, 11) is 1.79. The summed E-state index contributed by atoms with van der Waals surface area (Å²) in [5.74, 6) is 0.486. The van der Waals surface area contributed by atoms with E-state index in [4.69, 9.17) is 0 Å². The van der Waals surface area contributed by atoms with E-state index in [9.17, 15) is 4.79 Å². The highest BCUT2D eigenvalue weighted by molar-refractivity contribution is 5.94. The quantitative estimate of drug-likeness (QED) is 0.539. The Bertz CT molecular complexity index is 1060. The molecular weight excluding hydrogens is 350 g/mol. The number of aromatic nitrogens is 4. The van der Waals surface area contributed by atoms with E-state index in [2.05, 4.69) is 51.5 Å². The number of amides is 1. The van der Waals surface area contributed by atoms with Gasteiger partial charge in [-0.3, -0.25) is 4.79 Å². The van der Waals surface area contributed by atoms with Crippen molar-refractivity contribution < 1.29 is 4.79 Å². The highest BCUT2D eigenvalue weighted by Gasteiger charge is 2.14. The zero-order chi connectivity index (χ0) is 19.3. The molecular formula is C22H19N5O. The average molecular weight is 369 g/mol. The lowest BCUT2D eigenvalue weighted by molar-refractivity contribution is 0.0785. The Morgan fingerprint density at radius 3 is 2.46 bits per heavy atom. The van der Waals surface area contributed by atoms with Gasteiger partial charge >= 0.3 is 0 Å². The number of nitrogens with zero attached hydrogens (tertiary/aromatic N) is 5. The summed E-state index contributed by atoms with van der Waals surface area (Å²) in [6, 6.07) is 21.9. The van der Waals surface area contributed by atoms with Crippen LogP contribution in [0.1, 0.15) is 15.9 Å². The van der Waals surface area contributed by atoms with Crippen LogP contribution in [0.3, 0.4) is 0 Å². The third-order valence-corrected chi connectivity index (χ3v) is 4.47. The lowest BCUT2D eigenvalue weighted by Gasteiger charge is -2.18. The zero-order valence-electron chi connectivity index (χ0n) is 15.4. The first-order valence-corrected chi connectivity index (χ1v) is 8.91. The van der Waals surface area contributed by atoms with Crippen LogP contribution in [0.25, 0.3) is 16.9 Å². The van der Waals surface area contributed by atoms with Crippen LogP contribution in [0.2, 0.25) is 0 Å². The molecule has 0 saturated heterocycles. The second-order valence-electron chi connectivity index (χ2n) is 6.47. The van der Waals surface area contributed by atoms with Gasteiger partial charge in [0.25, 0.3) is 5.91 Å². The maximum atomic E-state index is 12.8. The van der Waals surface area contributed by atoms with E-state index in [1.54, 1.807) is 36.6 Å². The molecule has 138 valence electrons. The molecule has 0 unspecified atom stereocenters. The van der Waals surface area contributed by atoms with Crippen molar-refractivity contribution in [1.29, 1.82) is 0 Å². The molecule has 1 amide bonds. The smallest absolute Gasteiger partial charge is 0.254 e. The lowest BCUT2D eigenvalue weighted by Crippen LogP contribution is -2.26. The maximum absolute atomic E-state index is 12.8. The van der Waals surface area contributed by atoms with Crippen molar-refractivity contribution in [2.75, 3.05) is 7.05 Å². The summed E-state index contributed by atoms with van der Waals surface area (Å²) in [5.41, 5.74) is 3.96. The molecule has 2 aromatic heterocycles. The Morgan fingerprint density at radius 2 is 1.75 bits per heavy atom. The maximum Gasteiger partial charge on any atom is 0.254 e. The molecule has 2 heterocycles. The van der Waals surface area contributed by atoms with Gasteiger partial charge in [0.2, 0.25) is 0 Å². The van der Waals surface area contributed by atoms with Crippen LogP contribution in [0, 0.1) is 0 Å². The Balaban J connectivity index is 1.47. The molecule has 0 bridgehead atoms. The monoisotopic (exact) mass is 369 g/mol. The fourth-order valence-corrected chi connectivity index (χ4v) is 3.00. The average Bonchev–Trinajstić information content (AvgIpc) is 3.29. The molecule has 0 fully saturated rings. The molecule has 0 radical (unpaired) electrons. The third-order valence-electron chi connectivity index (χ3n) is 4.47. The van der Waals surface area contributed by atoms with Crippen molar-refractivity contribution in [2.45, 2.75) is 6.54 Å². The highest BCUT2D eigenvalue weighted by atomic mass is 16.2. The van der Waals surface area contributed by atoms with Crippen molar-refractivity contribution in [1.82, 2.24) is 24.6 Å². The van der Waals surface area contributed by atoms with Gasteiger partial charge in [0.1, 0.15) is 12.7 Å². The van der Waals surface area contributed by atoms with Gasteiger partial charge in [0.05, 0.1) is 0 Å². The standard InChI is InChI=1S/C22H19N5O/c1-26(14-17-7-9-19(10-8-17)18-5-3-2-4-6-18)22(28)20-11-12-24-21(13-20)27-16-23-15-25-27/h2-13,15-16H,14H2,1H3. The van der Waals surface area contributed by atoms with E-state index in [0.29, 0.717) is 17.9 Å². The van der Waals surface area contributed by atoms with Crippen LogP contribution in [0.5, 0.6) is 0 Å². The topological polar surface area (TPSA) is 63.9 Å². The first-order chi connectivity index (χ1) is 13.7. The second-order valence-corrected chi connectivity index (χ2v) is 6.47. The molecule has 0 saturated carbocycles.